The molecule has 214 valence electrons. The monoisotopic (exact) mass is 549 g/mol. The van der Waals surface area contributed by atoms with E-state index in [2.05, 4.69) is 41.9 Å². The number of ether oxygens (including phenoxy) is 3. The molecular formula is C29H39N7O4. The van der Waals surface area contributed by atoms with Crippen LogP contribution in [0, 0.1) is 0 Å². The Morgan fingerprint density at radius 1 is 1.00 bits per heavy atom. The Labute approximate surface area is 234 Å². The van der Waals surface area contributed by atoms with E-state index in [-0.39, 0.29) is 12.2 Å². The van der Waals surface area contributed by atoms with E-state index in [1.165, 1.54) is 0 Å². The molecule has 3 aromatic rings. The average molecular weight is 550 g/mol. The summed E-state index contributed by atoms with van der Waals surface area (Å²) in [4.78, 5) is 30.5. The number of nitrogens with one attached hydrogen (secondary N) is 1. The van der Waals surface area contributed by atoms with Crippen molar-refractivity contribution in [2.45, 2.75) is 77.3 Å². The molecule has 2 aliphatic heterocycles. The second kappa shape index (κ2) is 11.1. The summed E-state index contributed by atoms with van der Waals surface area (Å²) in [6.07, 6.45) is 8.96. The van der Waals surface area contributed by atoms with Gasteiger partial charge >= 0.3 is 6.09 Å². The molecule has 3 aliphatic rings. The lowest BCUT2D eigenvalue weighted by molar-refractivity contribution is 0.0199. The summed E-state index contributed by atoms with van der Waals surface area (Å²) >= 11 is 0. The van der Waals surface area contributed by atoms with E-state index in [9.17, 15) is 4.79 Å². The van der Waals surface area contributed by atoms with E-state index >= 15 is 0 Å². The quantitative estimate of drug-likeness (QED) is 0.501. The molecule has 2 fully saturated rings. The molecule has 11 nitrogen and oxygen atoms in total. The normalized spacial score (nSPS) is 21.7. The molecule has 11 heteroatoms. The molecule has 6 rings (SSSR count). The molecule has 0 bridgehead atoms. The van der Waals surface area contributed by atoms with Crippen molar-refractivity contribution in [3.05, 3.63) is 36.5 Å². The third-order valence-electron chi connectivity index (χ3n) is 7.76. The highest BCUT2D eigenvalue weighted by Crippen LogP contribution is 2.34. The van der Waals surface area contributed by atoms with Crippen LogP contribution >= 0.6 is 0 Å². The third kappa shape index (κ3) is 5.94. The Morgan fingerprint density at radius 2 is 1.77 bits per heavy atom. The van der Waals surface area contributed by atoms with Gasteiger partial charge in [0.2, 0.25) is 0 Å². The molecule has 0 spiro atoms. The van der Waals surface area contributed by atoms with Crippen molar-refractivity contribution >= 4 is 28.6 Å². The molecule has 40 heavy (non-hydrogen) atoms. The number of anilines is 2. The van der Waals surface area contributed by atoms with Crippen LogP contribution in [-0.4, -0.2) is 81.1 Å². The second-order valence-electron chi connectivity index (χ2n) is 11.8. The predicted molar refractivity (Wildman–Crippen MR) is 152 cm³/mol. The number of hydrogen-bond donors (Lipinski definition) is 1. The SMILES string of the molecule is CC(C)(C)OC(=O)N1CCn2cnc(N[C@H]3CC[C@@H](Oc4cc(N5CCOCC5)cc5nccnc45)CC3)c2C1. The number of aromatic nitrogens is 4. The number of carbonyl (C=O) groups is 1. The lowest BCUT2D eigenvalue weighted by Crippen LogP contribution is -2.41. The number of nitrogens with zero attached hydrogens (tertiary/aromatic N) is 6. The van der Waals surface area contributed by atoms with Gasteiger partial charge in [-0.05, 0) is 52.5 Å². The van der Waals surface area contributed by atoms with Gasteiger partial charge in [0.25, 0.3) is 0 Å². The smallest absolute Gasteiger partial charge is 0.410 e. The Morgan fingerprint density at radius 3 is 2.55 bits per heavy atom. The van der Waals surface area contributed by atoms with Gasteiger partial charge in [-0.3, -0.25) is 4.98 Å². The number of amides is 1. The molecule has 1 N–H and O–H groups in total. The van der Waals surface area contributed by atoms with Gasteiger partial charge in [-0.25, -0.2) is 14.8 Å². The first-order chi connectivity index (χ1) is 19.3. The van der Waals surface area contributed by atoms with Crippen LogP contribution in [0.1, 0.15) is 52.1 Å². The minimum Gasteiger partial charge on any atom is -0.488 e. The minimum atomic E-state index is -0.515. The Kier molecular flexibility index (Phi) is 7.39. The zero-order chi connectivity index (χ0) is 27.7. The highest BCUT2D eigenvalue weighted by Gasteiger charge is 2.30. The van der Waals surface area contributed by atoms with E-state index in [0.29, 0.717) is 25.7 Å². The van der Waals surface area contributed by atoms with Crippen molar-refractivity contribution in [1.29, 1.82) is 0 Å². The van der Waals surface area contributed by atoms with Crippen LogP contribution in [0.15, 0.2) is 30.9 Å². The summed E-state index contributed by atoms with van der Waals surface area (Å²) in [5.41, 5.74) is 3.27. The number of carbonyl (C=O) groups excluding carboxylic acids is 1. The highest BCUT2D eigenvalue weighted by atomic mass is 16.6. The Bertz CT molecular complexity index is 1340. The zero-order valence-corrected chi connectivity index (χ0v) is 23.6. The van der Waals surface area contributed by atoms with Crippen LogP contribution in [0.2, 0.25) is 0 Å². The van der Waals surface area contributed by atoms with Crippen molar-refractivity contribution in [3.63, 3.8) is 0 Å². The molecule has 0 unspecified atom stereocenters. The largest absolute Gasteiger partial charge is 0.488 e. The lowest BCUT2D eigenvalue weighted by atomic mass is 9.93. The number of rotatable bonds is 5. The Hall–Kier alpha value is -3.60. The zero-order valence-electron chi connectivity index (χ0n) is 23.6. The first-order valence-electron chi connectivity index (χ1n) is 14.3. The standard InChI is InChI=1S/C29H39N7O4/c1-29(2,3)40-28(37)35-10-11-36-19-32-27(24(36)18-35)33-20-4-6-22(7-5-20)39-25-17-21(34-12-14-38-15-13-34)16-23-26(25)31-9-8-30-23/h8-9,16-17,19-20,22,33H,4-7,10-15,18H2,1-3H3/t20-,22+. The van der Waals surface area contributed by atoms with Crippen LogP contribution in [0.3, 0.4) is 0 Å². The van der Waals surface area contributed by atoms with Gasteiger partial charge in [0.1, 0.15) is 22.7 Å². The second-order valence-corrected chi connectivity index (χ2v) is 11.8. The summed E-state index contributed by atoms with van der Waals surface area (Å²) in [5.74, 6) is 1.66. The molecule has 1 aromatic carbocycles. The maximum absolute atomic E-state index is 12.6. The molecule has 1 amide bonds. The number of benzene rings is 1. The maximum atomic E-state index is 12.6. The number of fused-ring (bicyclic) bond motifs is 2. The first-order valence-corrected chi connectivity index (χ1v) is 14.3. The maximum Gasteiger partial charge on any atom is 0.410 e. The van der Waals surface area contributed by atoms with Gasteiger partial charge in [0.05, 0.1) is 43.4 Å². The van der Waals surface area contributed by atoms with Gasteiger partial charge in [0.15, 0.2) is 0 Å². The Balaban J connectivity index is 1.08. The fourth-order valence-corrected chi connectivity index (χ4v) is 5.68. The summed E-state index contributed by atoms with van der Waals surface area (Å²) in [6, 6.07) is 4.50. The highest BCUT2D eigenvalue weighted by molar-refractivity contribution is 5.85. The number of morpholine rings is 1. The van der Waals surface area contributed by atoms with Crippen LogP contribution < -0.4 is 15.0 Å². The van der Waals surface area contributed by atoms with E-state index in [1.807, 2.05) is 27.1 Å². The molecule has 0 radical (unpaired) electrons. The fourth-order valence-electron chi connectivity index (χ4n) is 5.68. The van der Waals surface area contributed by atoms with Crippen LogP contribution in [0.25, 0.3) is 11.0 Å². The van der Waals surface area contributed by atoms with Gasteiger partial charge in [0, 0.05) is 56.4 Å². The molecule has 1 saturated carbocycles. The molecule has 4 heterocycles. The third-order valence-corrected chi connectivity index (χ3v) is 7.76. The van der Waals surface area contributed by atoms with Gasteiger partial charge < -0.3 is 33.9 Å². The number of hydrogen-bond acceptors (Lipinski definition) is 9. The van der Waals surface area contributed by atoms with E-state index in [4.69, 9.17) is 14.2 Å². The number of imidazole rings is 1. The van der Waals surface area contributed by atoms with Gasteiger partial charge in [-0.15, -0.1) is 0 Å². The van der Waals surface area contributed by atoms with Crippen molar-refractivity contribution < 1.29 is 19.0 Å². The molecule has 1 aliphatic carbocycles. The lowest BCUT2D eigenvalue weighted by Gasteiger charge is -2.33. The van der Waals surface area contributed by atoms with E-state index in [0.717, 1.165) is 86.0 Å². The van der Waals surface area contributed by atoms with Crippen molar-refractivity contribution in [2.24, 2.45) is 0 Å². The van der Waals surface area contributed by atoms with Crippen LogP contribution in [0.5, 0.6) is 5.75 Å². The summed E-state index contributed by atoms with van der Waals surface area (Å²) in [6.45, 7) is 10.7. The van der Waals surface area contributed by atoms with Crippen molar-refractivity contribution in [3.8, 4) is 5.75 Å². The van der Waals surface area contributed by atoms with E-state index < -0.39 is 5.60 Å². The van der Waals surface area contributed by atoms with Crippen molar-refractivity contribution in [1.82, 2.24) is 24.4 Å². The summed E-state index contributed by atoms with van der Waals surface area (Å²) < 4.78 is 19.8. The molecule has 2 aromatic heterocycles. The van der Waals surface area contributed by atoms with Gasteiger partial charge in [-0.2, -0.15) is 0 Å². The van der Waals surface area contributed by atoms with Crippen LogP contribution in [-0.2, 0) is 22.6 Å². The van der Waals surface area contributed by atoms with E-state index in [1.54, 1.807) is 17.3 Å². The first kappa shape index (κ1) is 26.6. The molecular weight excluding hydrogens is 510 g/mol. The predicted octanol–water partition coefficient (Wildman–Crippen LogP) is 4.22. The summed E-state index contributed by atoms with van der Waals surface area (Å²) in [7, 11) is 0. The average Bonchev–Trinajstić information content (AvgIpc) is 3.35. The molecule has 1 saturated heterocycles. The fraction of sp³-hybridized carbons (Fsp3) is 0.586. The van der Waals surface area contributed by atoms with Gasteiger partial charge in [-0.1, -0.05) is 0 Å². The minimum absolute atomic E-state index is 0.113. The van der Waals surface area contributed by atoms with Crippen molar-refractivity contribution in [2.75, 3.05) is 43.1 Å². The van der Waals surface area contributed by atoms with Crippen LogP contribution in [0.4, 0.5) is 16.3 Å². The topological polar surface area (TPSA) is 107 Å². The molecule has 0 atom stereocenters. The summed E-state index contributed by atoms with van der Waals surface area (Å²) in [5, 5.41) is 3.66.